The lowest BCUT2D eigenvalue weighted by Gasteiger charge is -2.44. The Morgan fingerprint density at radius 1 is 0.923 bits per heavy atom. The lowest BCUT2D eigenvalue weighted by atomic mass is 9.99. The molecule has 8 heteroatoms. The van der Waals surface area contributed by atoms with Crippen molar-refractivity contribution in [3.8, 4) is 0 Å². The summed E-state index contributed by atoms with van der Waals surface area (Å²) in [5.74, 6) is -1.29. The van der Waals surface area contributed by atoms with E-state index in [0.717, 1.165) is 35.9 Å². The van der Waals surface area contributed by atoms with Crippen molar-refractivity contribution in [1.29, 1.82) is 0 Å². The summed E-state index contributed by atoms with van der Waals surface area (Å²) in [6, 6.07) is 10.4. The van der Waals surface area contributed by atoms with Gasteiger partial charge in [0.05, 0.1) is 5.56 Å². The molecule has 0 radical (unpaired) electrons. The molecule has 2 aliphatic rings. The first-order valence-corrected chi connectivity index (χ1v) is 13.9. The monoisotopic (exact) mass is 532 g/mol. The molecule has 0 bridgehead atoms. The Labute approximate surface area is 229 Å². The molecule has 0 spiro atoms. The number of hydrogen-bond donors (Lipinski definition) is 0. The third kappa shape index (κ3) is 5.35. The summed E-state index contributed by atoms with van der Waals surface area (Å²) in [5, 5.41) is 0.637. The summed E-state index contributed by atoms with van der Waals surface area (Å²) < 4.78 is 15.2. The van der Waals surface area contributed by atoms with Gasteiger partial charge in [-0.05, 0) is 75.4 Å². The van der Waals surface area contributed by atoms with Crippen LogP contribution in [0.2, 0.25) is 0 Å². The molecule has 2 amide bonds. The SMILES string of the molecule is Cc1cc2c(cc1C(=O)N1C[C@H](C)N(Cc3ccc(F)cc3)C[C@H]1C)c(C(=O)C(=O)N1CCCCC1)cn2C. The maximum atomic E-state index is 13.9. The fourth-order valence-corrected chi connectivity index (χ4v) is 5.98. The number of carbonyl (C=O) groups is 3. The highest BCUT2D eigenvalue weighted by atomic mass is 19.1. The Bertz CT molecular complexity index is 1410. The minimum atomic E-state index is -0.513. The average Bonchev–Trinajstić information content (AvgIpc) is 3.25. The summed E-state index contributed by atoms with van der Waals surface area (Å²) in [5.41, 5.74) is 3.60. The van der Waals surface area contributed by atoms with Crippen LogP contribution in [0, 0.1) is 12.7 Å². The number of benzene rings is 2. The maximum absolute atomic E-state index is 13.9. The van der Waals surface area contributed by atoms with Crippen molar-refractivity contribution in [3.63, 3.8) is 0 Å². The van der Waals surface area contributed by atoms with E-state index in [4.69, 9.17) is 0 Å². The predicted molar refractivity (Wildman–Crippen MR) is 149 cm³/mol. The zero-order chi connectivity index (χ0) is 27.8. The number of ketones is 1. The molecule has 2 saturated heterocycles. The lowest BCUT2D eigenvalue weighted by Crippen LogP contribution is -2.57. The normalized spacial score (nSPS) is 20.4. The molecule has 3 aromatic rings. The fourth-order valence-electron chi connectivity index (χ4n) is 5.98. The molecule has 0 N–H and O–H groups in total. The van der Waals surface area contributed by atoms with Gasteiger partial charge in [0.25, 0.3) is 17.6 Å². The van der Waals surface area contributed by atoms with Crippen LogP contribution in [-0.2, 0) is 18.4 Å². The second-order valence-electron chi connectivity index (χ2n) is 11.2. The molecule has 7 nitrogen and oxygen atoms in total. The van der Waals surface area contributed by atoms with Crippen LogP contribution in [0.3, 0.4) is 0 Å². The number of nitrogens with zero attached hydrogens (tertiary/aromatic N) is 4. The third-order valence-electron chi connectivity index (χ3n) is 8.32. The first-order valence-electron chi connectivity index (χ1n) is 13.9. The zero-order valence-corrected chi connectivity index (χ0v) is 23.2. The van der Waals surface area contributed by atoms with Crippen LogP contribution in [-0.4, -0.2) is 75.1 Å². The van der Waals surface area contributed by atoms with E-state index in [9.17, 15) is 18.8 Å². The highest BCUT2D eigenvalue weighted by Crippen LogP contribution is 2.28. The van der Waals surface area contributed by atoms with Crippen molar-refractivity contribution in [2.75, 3.05) is 26.2 Å². The third-order valence-corrected chi connectivity index (χ3v) is 8.32. The van der Waals surface area contributed by atoms with Crippen molar-refractivity contribution >= 4 is 28.5 Å². The Hall–Kier alpha value is -3.52. The molecule has 2 aromatic carbocycles. The second-order valence-corrected chi connectivity index (χ2v) is 11.2. The smallest absolute Gasteiger partial charge is 0.295 e. The Morgan fingerprint density at radius 3 is 2.31 bits per heavy atom. The first-order chi connectivity index (χ1) is 18.6. The van der Waals surface area contributed by atoms with E-state index in [-0.39, 0.29) is 23.8 Å². The average molecular weight is 533 g/mol. The molecule has 0 unspecified atom stereocenters. The maximum Gasteiger partial charge on any atom is 0.295 e. The molecule has 2 atom stereocenters. The molecule has 206 valence electrons. The summed E-state index contributed by atoms with van der Waals surface area (Å²) in [6.07, 6.45) is 4.62. The summed E-state index contributed by atoms with van der Waals surface area (Å²) in [7, 11) is 1.86. The fraction of sp³-hybridized carbons (Fsp3) is 0.452. The number of halogens is 1. The van der Waals surface area contributed by atoms with Gasteiger partial charge in [-0.1, -0.05) is 12.1 Å². The number of fused-ring (bicyclic) bond motifs is 1. The van der Waals surface area contributed by atoms with E-state index in [1.54, 1.807) is 29.3 Å². The lowest BCUT2D eigenvalue weighted by molar-refractivity contribution is -0.127. The molecule has 0 saturated carbocycles. The number of carbonyl (C=O) groups excluding carboxylic acids is 3. The molecule has 2 aliphatic heterocycles. The molecule has 39 heavy (non-hydrogen) atoms. The van der Waals surface area contributed by atoms with E-state index in [2.05, 4.69) is 11.8 Å². The van der Waals surface area contributed by atoms with Gasteiger partial charge in [0.2, 0.25) is 0 Å². The van der Waals surface area contributed by atoms with Gasteiger partial charge in [-0.3, -0.25) is 19.3 Å². The van der Waals surface area contributed by atoms with Crippen LogP contribution in [0.4, 0.5) is 4.39 Å². The van der Waals surface area contributed by atoms with Crippen LogP contribution in [0.1, 0.15) is 65.0 Å². The molecular weight excluding hydrogens is 495 g/mol. The van der Waals surface area contributed by atoms with Crippen molar-refractivity contribution in [2.45, 2.75) is 58.7 Å². The van der Waals surface area contributed by atoms with Gasteiger partial charge in [-0.15, -0.1) is 0 Å². The quantitative estimate of drug-likeness (QED) is 0.357. The largest absolute Gasteiger partial charge is 0.350 e. The van der Waals surface area contributed by atoms with Gasteiger partial charge in [0, 0.05) is 74.5 Å². The summed E-state index contributed by atoms with van der Waals surface area (Å²) in [6.45, 7) is 9.24. The van der Waals surface area contributed by atoms with Crippen LogP contribution in [0.5, 0.6) is 0 Å². The number of piperazine rings is 1. The number of aromatic nitrogens is 1. The van der Waals surface area contributed by atoms with Crippen LogP contribution < -0.4 is 0 Å². The standard InChI is InChI=1S/C31H37FN4O3/c1-20-14-28-26(27(19-33(28)4)29(37)31(39)34-12-6-5-7-13-34)15-25(20)30(38)36-17-21(2)35(16-22(36)3)18-23-8-10-24(32)11-9-23/h8-11,14-15,19,21-22H,5-7,12-13,16-18H2,1-4H3/t21-,22+/m0/s1. The predicted octanol–water partition coefficient (Wildman–Crippen LogP) is 4.56. The van der Waals surface area contributed by atoms with Gasteiger partial charge in [0.15, 0.2) is 0 Å². The summed E-state index contributed by atoms with van der Waals surface area (Å²) >= 11 is 0. The Kier molecular flexibility index (Phi) is 7.58. The number of rotatable bonds is 5. The van der Waals surface area contributed by atoms with Crippen LogP contribution >= 0.6 is 0 Å². The van der Waals surface area contributed by atoms with E-state index in [1.165, 1.54) is 12.1 Å². The topological polar surface area (TPSA) is 65.9 Å². The van der Waals surface area contributed by atoms with Gasteiger partial charge in [-0.2, -0.15) is 0 Å². The number of likely N-dealkylation sites (tertiary alicyclic amines) is 1. The molecule has 5 rings (SSSR count). The van der Waals surface area contributed by atoms with E-state index < -0.39 is 11.7 Å². The van der Waals surface area contributed by atoms with Crippen molar-refractivity contribution in [3.05, 3.63) is 70.7 Å². The van der Waals surface area contributed by atoms with E-state index in [0.29, 0.717) is 49.2 Å². The zero-order valence-electron chi connectivity index (χ0n) is 23.2. The van der Waals surface area contributed by atoms with Gasteiger partial charge in [-0.25, -0.2) is 4.39 Å². The number of hydrogen-bond acceptors (Lipinski definition) is 4. The number of aryl methyl sites for hydroxylation is 2. The first kappa shape index (κ1) is 27.1. The minimum absolute atomic E-state index is 0.0261. The van der Waals surface area contributed by atoms with Crippen molar-refractivity contribution < 1.29 is 18.8 Å². The minimum Gasteiger partial charge on any atom is -0.350 e. The number of amides is 2. The van der Waals surface area contributed by atoms with Crippen molar-refractivity contribution in [2.24, 2.45) is 7.05 Å². The summed E-state index contributed by atoms with van der Waals surface area (Å²) in [4.78, 5) is 46.1. The highest BCUT2D eigenvalue weighted by molar-refractivity contribution is 6.45. The molecule has 0 aliphatic carbocycles. The number of piperidine rings is 1. The van der Waals surface area contributed by atoms with Crippen molar-refractivity contribution in [1.82, 2.24) is 19.3 Å². The molecule has 2 fully saturated rings. The van der Waals surface area contributed by atoms with Gasteiger partial charge >= 0.3 is 0 Å². The number of Topliss-reactive ketones (excluding diaryl/α,β-unsaturated/α-hetero) is 1. The Morgan fingerprint density at radius 2 is 1.62 bits per heavy atom. The van der Waals surface area contributed by atoms with E-state index >= 15 is 0 Å². The Balaban J connectivity index is 1.38. The highest BCUT2D eigenvalue weighted by Gasteiger charge is 2.34. The van der Waals surface area contributed by atoms with Gasteiger partial charge in [0.1, 0.15) is 5.82 Å². The van der Waals surface area contributed by atoms with Gasteiger partial charge < -0.3 is 14.4 Å². The molecule has 1 aromatic heterocycles. The molecule has 3 heterocycles. The van der Waals surface area contributed by atoms with E-state index in [1.807, 2.05) is 36.4 Å². The van der Waals surface area contributed by atoms with Crippen LogP contribution in [0.15, 0.2) is 42.6 Å². The second kappa shape index (κ2) is 10.9. The van der Waals surface area contributed by atoms with Crippen LogP contribution in [0.25, 0.3) is 10.9 Å². The molecular formula is C31H37FN4O3.